The molecule has 0 bridgehead atoms. The molecule has 0 saturated carbocycles. The summed E-state index contributed by atoms with van der Waals surface area (Å²) in [6.07, 6.45) is 1.22. The summed E-state index contributed by atoms with van der Waals surface area (Å²) in [5.74, 6) is -0.155. The Balaban J connectivity index is 1.85. The highest BCUT2D eigenvalue weighted by atomic mass is 16.2. The SMILES string of the molecule is CCCN1CCN(NC(=O)Cc2ccccc2)C1=O. The number of rotatable bonds is 5. The molecule has 1 aromatic rings. The molecule has 0 unspecified atom stereocenters. The van der Waals surface area contributed by atoms with E-state index in [1.807, 2.05) is 37.3 Å². The third kappa shape index (κ3) is 3.47. The van der Waals surface area contributed by atoms with E-state index in [9.17, 15) is 9.59 Å². The first-order valence-electron chi connectivity index (χ1n) is 6.60. The molecule has 0 aliphatic carbocycles. The van der Waals surface area contributed by atoms with Gasteiger partial charge in [0.1, 0.15) is 0 Å². The second-order valence-corrected chi connectivity index (χ2v) is 4.62. The van der Waals surface area contributed by atoms with Gasteiger partial charge in [-0.2, -0.15) is 0 Å². The smallest absolute Gasteiger partial charge is 0.321 e. The van der Waals surface area contributed by atoms with Crippen LogP contribution in [0.5, 0.6) is 0 Å². The van der Waals surface area contributed by atoms with Crippen molar-refractivity contribution >= 4 is 11.9 Å². The number of amides is 3. The lowest BCUT2D eigenvalue weighted by Crippen LogP contribution is -2.45. The van der Waals surface area contributed by atoms with Gasteiger partial charge < -0.3 is 4.90 Å². The van der Waals surface area contributed by atoms with Crippen LogP contribution in [0.3, 0.4) is 0 Å². The second kappa shape index (κ2) is 6.22. The molecule has 0 atom stereocenters. The zero-order valence-corrected chi connectivity index (χ0v) is 11.1. The molecule has 0 aromatic heterocycles. The molecule has 0 spiro atoms. The van der Waals surface area contributed by atoms with Gasteiger partial charge in [-0.15, -0.1) is 0 Å². The van der Waals surface area contributed by atoms with Crippen molar-refractivity contribution in [1.29, 1.82) is 0 Å². The summed E-state index contributed by atoms with van der Waals surface area (Å²) in [6.45, 7) is 4.01. The molecule has 3 amide bonds. The third-order valence-corrected chi connectivity index (χ3v) is 3.06. The molecule has 1 aromatic carbocycles. The van der Waals surface area contributed by atoms with Crippen molar-refractivity contribution < 1.29 is 9.59 Å². The van der Waals surface area contributed by atoms with Crippen molar-refractivity contribution in [3.63, 3.8) is 0 Å². The topological polar surface area (TPSA) is 52.6 Å². The zero-order valence-electron chi connectivity index (χ0n) is 11.1. The first-order valence-corrected chi connectivity index (χ1v) is 6.60. The summed E-state index contributed by atoms with van der Waals surface area (Å²) >= 11 is 0. The van der Waals surface area contributed by atoms with Gasteiger partial charge in [-0.1, -0.05) is 37.3 Å². The number of hydrazine groups is 1. The highest BCUT2D eigenvalue weighted by molar-refractivity contribution is 5.83. The monoisotopic (exact) mass is 261 g/mol. The highest BCUT2D eigenvalue weighted by Crippen LogP contribution is 2.07. The molecule has 1 heterocycles. The third-order valence-electron chi connectivity index (χ3n) is 3.06. The average Bonchev–Trinajstić information content (AvgIpc) is 2.73. The molecule has 19 heavy (non-hydrogen) atoms. The van der Waals surface area contributed by atoms with E-state index in [2.05, 4.69) is 5.43 Å². The van der Waals surface area contributed by atoms with Crippen LogP contribution in [0.1, 0.15) is 18.9 Å². The van der Waals surface area contributed by atoms with Crippen LogP contribution < -0.4 is 5.43 Å². The molecule has 5 heteroatoms. The van der Waals surface area contributed by atoms with Gasteiger partial charge >= 0.3 is 6.03 Å². The van der Waals surface area contributed by atoms with Gasteiger partial charge in [0.25, 0.3) is 0 Å². The second-order valence-electron chi connectivity index (χ2n) is 4.62. The van der Waals surface area contributed by atoms with Crippen LogP contribution in [0.15, 0.2) is 30.3 Å². The van der Waals surface area contributed by atoms with E-state index >= 15 is 0 Å². The molecule has 2 rings (SSSR count). The van der Waals surface area contributed by atoms with Crippen LogP contribution in [0.25, 0.3) is 0 Å². The standard InChI is InChI=1S/C14H19N3O2/c1-2-8-16-9-10-17(14(16)19)15-13(18)11-12-6-4-3-5-7-12/h3-7H,2,8-11H2,1H3,(H,15,18). The summed E-state index contributed by atoms with van der Waals surface area (Å²) in [5.41, 5.74) is 3.61. The normalized spacial score (nSPS) is 14.9. The summed E-state index contributed by atoms with van der Waals surface area (Å²) in [6, 6.07) is 9.39. The lowest BCUT2D eigenvalue weighted by atomic mass is 10.1. The Kier molecular flexibility index (Phi) is 4.39. The van der Waals surface area contributed by atoms with Gasteiger partial charge in [0.2, 0.25) is 5.91 Å². The average molecular weight is 261 g/mol. The number of carbonyl (C=O) groups is 2. The van der Waals surface area contributed by atoms with Crippen LogP contribution in [0.2, 0.25) is 0 Å². The fourth-order valence-corrected chi connectivity index (χ4v) is 2.14. The maximum atomic E-state index is 11.9. The minimum absolute atomic E-state index is 0.108. The minimum Gasteiger partial charge on any atom is -0.321 e. The van der Waals surface area contributed by atoms with Gasteiger partial charge in [0.05, 0.1) is 13.0 Å². The van der Waals surface area contributed by atoms with E-state index in [0.717, 1.165) is 18.5 Å². The van der Waals surface area contributed by atoms with Gasteiger partial charge in [-0.05, 0) is 12.0 Å². The van der Waals surface area contributed by atoms with Crippen LogP contribution in [0, 0.1) is 0 Å². The summed E-state index contributed by atoms with van der Waals surface area (Å²) in [5, 5.41) is 1.40. The fourth-order valence-electron chi connectivity index (χ4n) is 2.14. The first-order chi connectivity index (χ1) is 9.20. The molecule has 1 N–H and O–H groups in total. The quantitative estimate of drug-likeness (QED) is 0.871. The van der Waals surface area contributed by atoms with Crippen LogP contribution in [0.4, 0.5) is 4.79 Å². The van der Waals surface area contributed by atoms with E-state index < -0.39 is 0 Å². The molecule has 1 aliphatic rings. The number of benzene rings is 1. The van der Waals surface area contributed by atoms with E-state index in [0.29, 0.717) is 19.5 Å². The lowest BCUT2D eigenvalue weighted by molar-refractivity contribution is -0.123. The number of hydrogen-bond donors (Lipinski definition) is 1. The Morgan fingerprint density at radius 3 is 2.68 bits per heavy atom. The molecule has 1 saturated heterocycles. The van der Waals surface area contributed by atoms with Gasteiger partial charge in [-0.3, -0.25) is 10.2 Å². The fraction of sp³-hybridized carbons (Fsp3) is 0.429. The number of nitrogens with zero attached hydrogens (tertiary/aromatic N) is 2. The Labute approximate surface area is 113 Å². The maximum Gasteiger partial charge on any atom is 0.338 e. The Hall–Kier alpha value is -2.04. The Bertz CT molecular complexity index is 447. The maximum absolute atomic E-state index is 11.9. The number of hydrogen-bond acceptors (Lipinski definition) is 2. The number of nitrogens with one attached hydrogen (secondary N) is 1. The van der Waals surface area contributed by atoms with Crippen molar-refractivity contribution in [2.24, 2.45) is 0 Å². The van der Waals surface area contributed by atoms with Crippen LogP contribution in [-0.2, 0) is 11.2 Å². The molecule has 1 aliphatic heterocycles. The van der Waals surface area contributed by atoms with E-state index in [4.69, 9.17) is 0 Å². The van der Waals surface area contributed by atoms with Crippen molar-refractivity contribution in [3.05, 3.63) is 35.9 Å². The molecular weight excluding hydrogens is 242 g/mol. The van der Waals surface area contributed by atoms with E-state index in [-0.39, 0.29) is 11.9 Å². The minimum atomic E-state index is -0.155. The van der Waals surface area contributed by atoms with E-state index in [1.54, 1.807) is 4.90 Å². The zero-order chi connectivity index (χ0) is 13.7. The highest BCUT2D eigenvalue weighted by Gasteiger charge is 2.28. The van der Waals surface area contributed by atoms with Gasteiger partial charge in [0, 0.05) is 13.1 Å². The van der Waals surface area contributed by atoms with Crippen molar-refractivity contribution in [2.45, 2.75) is 19.8 Å². The van der Waals surface area contributed by atoms with Crippen LogP contribution >= 0.6 is 0 Å². The lowest BCUT2D eigenvalue weighted by Gasteiger charge is -2.18. The van der Waals surface area contributed by atoms with Gasteiger partial charge in [0.15, 0.2) is 0 Å². The molecule has 1 fully saturated rings. The molecule has 5 nitrogen and oxygen atoms in total. The van der Waals surface area contributed by atoms with Gasteiger partial charge in [-0.25, -0.2) is 9.80 Å². The first kappa shape index (κ1) is 13.4. The molecule has 102 valence electrons. The number of carbonyl (C=O) groups excluding carboxylic acids is 2. The summed E-state index contributed by atoms with van der Waals surface area (Å²) < 4.78 is 0. The molecule has 0 radical (unpaired) electrons. The van der Waals surface area contributed by atoms with Crippen molar-refractivity contribution in [3.8, 4) is 0 Å². The molecular formula is C14H19N3O2. The van der Waals surface area contributed by atoms with Crippen molar-refractivity contribution in [1.82, 2.24) is 15.3 Å². The summed E-state index contributed by atoms with van der Waals surface area (Å²) in [4.78, 5) is 25.5. The Morgan fingerprint density at radius 2 is 2.00 bits per heavy atom. The predicted octanol–water partition coefficient (Wildman–Crippen LogP) is 1.41. The van der Waals surface area contributed by atoms with E-state index in [1.165, 1.54) is 5.01 Å². The summed E-state index contributed by atoms with van der Waals surface area (Å²) in [7, 11) is 0. The predicted molar refractivity (Wildman–Crippen MR) is 72.3 cm³/mol. The van der Waals surface area contributed by atoms with Crippen molar-refractivity contribution in [2.75, 3.05) is 19.6 Å². The number of urea groups is 1. The van der Waals surface area contributed by atoms with Crippen LogP contribution in [-0.4, -0.2) is 41.5 Å². The largest absolute Gasteiger partial charge is 0.338 e. The Morgan fingerprint density at radius 1 is 1.26 bits per heavy atom.